The van der Waals surface area contributed by atoms with E-state index in [9.17, 15) is 9.59 Å². The first kappa shape index (κ1) is 14.0. The van der Waals surface area contributed by atoms with E-state index in [0.717, 1.165) is 5.56 Å². The lowest BCUT2D eigenvalue weighted by Crippen LogP contribution is -2.09. The van der Waals surface area contributed by atoms with Crippen LogP contribution in [0.15, 0.2) is 48.5 Å². The van der Waals surface area contributed by atoms with Gasteiger partial charge in [-0.1, -0.05) is 42.0 Å². The molecule has 0 saturated heterocycles. The summed E-state index contributed by atoms with van der Waals surface area (Å²) in [6.45, 7) is 3.54. The van der Waals surface area contributed by atoms with Crippen LogP contribution in [-0.4, -0.2) is 16.9 Å². The van der Waals surface area contributed by atoms with Crippen molar-refractivity contribution in [3.05, 3.63) is 70.8 Å². The van der Waals surface area contributed by atoms with Gasteiger partial charge in [-0.15, -0.1) is 0 Å². The summed E-state index contributed by atoms with van der Waals surface area (Å²) in [5.74, 6) is -1.61. The number of rotatable bonds is 4. The van der Waals surface area contributed by atoms with Crippen molar-refractivity contribution in [1.82, 2.24) is 0 Å². The van der Waals surface area contributed by atoms with Crippen LogP contribution < -0.4 is 0 Å². The topological polar surface area (TPSA) is 54.4 Å². The maximum absolute atomic E-state index is 12.4. The van der Waals surface area contributed by atoms with Gasteiger partial charge in [0.25, 0.3) is 0 Å². The summed E-state index contributed by atoms with van der Waals surface area (Å²) < 4.78 is 0. The molecule has 0 spiro atoms. The second-order valence-corrected chi connectivity index (χ2v) is 4.88. The lowest BCUT2D eigenvalue weighted by molar-refractivity contribution is -0.138. The van der Waals surface area contributed by atoms with Crippen LogP contribution in [0.1, 0.15) is 39.9 Å². The van der Waals surface area contributed by atoms with E-state index in [1.807, 2.05) is 25.1 Å². The molecular formula is C17H16O3. The number of aliphatic carboxylic acids is 1. The van der Waals surface area contributed by atoms with Gasteiger partial charge in [-0.3, -0.25) is 9.59 Å². The quantitative estimate of drug-likeness (QED) is 0.864. The molecule has 0 amide bonds. The van der Waals surface area contributed by atoms with Crippen molar-refractivity contribution in [3.63, 3.8) is 0 Å². The molecule has 0 heterocycles. The van der Waals surface area contributed by atoms with E-state index < -0.39 is 11.9 Å². The van der Waals surface area contributed by atoms with Crippen LogP contribution in [0.3, 0.4) is 0 Å². The third kappa shape index (κ3) is 2.94. The van der Waals surface area contributed by atoms with Crippen molar-refractivity contribution < 1.29 is 14.7 Å². The molecule has 2 aromatic carbocycles. The SMILES string of the molecule is Cc1cccc(C(=O)c2cccc(C(C)C(=O)O)c2)c1. The van der Waals surface area contributed by atoms with E-state index in [4.69, 9.17) is 5.11 Å². The number of carboxylic acid groups (broad SMARTS) is 1. The van der Waals surface area contributed by atoms with Gasteiger partial charge in [0.15, 0.2) is 5.78 Å². The van der Waals surface area contributed by atoms with Crippen molar-refractivity contribution in [3.8, 4) is 0 Å². The molecule has 2 aromatic rings. The third-order valence-electron chi connectivity index (χ3n) is 3.30. The summed E-state index contributed by atoms with van der Waals surface area (Å²) >= 11 is 0. The Labute approximate surface area is 117 Å². The average molecular weight is 268 g/mol. The molecule has 1 unspecified atom stereocenters. The van der Waals surface area contributed by atoms with E-state index in [1.165, 1.54) is 0 Å². The fraction of sp³-hybridized carbons (Fsp3) is 0.176. The molecule has 3 heteroatoms. The predicted molar refractivity (Wildman–Crippen MR) is 77.1 cm³/mol. The fourth-order valence-electron chi connectivity index (χ4n) is 2.04. The summed E-state index contributed by atoms with van der Waals surface area (Å²) in [6, 6.07) is 14.2. The highest BCUT2D eigenvalue weighted by Gasteiger charge is 2.16. The van der Waals surface area contributed by atoms with Crippen molar-refractivity contribution in [1.29, 1.82) is 0 Å². The predicted octanol–water partition coefficient (Wildman–Crippen LogP) is 3.41. The number of hydrogen-bond donors (Lipinski definition) is 1. The lowest BCUT2D eigenvalue weighted by atomic mass is 9.95. The van der Waals surface area contributed by atoms with Crippen LogP contribution in [0, 0.1) is 6.92 Å². The Kier molecular flexibility index (Phi) is 3.99. The minimum absolute atomic E-state index is 0.0897. The Hall–Kier alpha value is -2.42. The highest BCUT2D eigenvalue weighted by Crippen LogP contribution is 2.19. The monoisotopic (exact) mass is 268 g/mol. The number of carbonyl (C=O) groups excluding carboxylic acids is 1. The van der Waals surface area contributed by atoms with Crippen LogP contribution in [0.4, 0.5) is 0 Å². The summed E-state index contributed by atoms with van der Waals surface area (Å²) in [5.41, 5.74) is 2.79. The Morgan fingerprint density at radius 2 is 1.60 bits per heavy atom. The molecule has 0 aliphatic heterocycles. The number of carbonyl (C=O) groups is 2. The van der Waals surface area contributed by atoms with Crippen LogP contribution in [-0.2, 0) is 4.79 Å². The Balaban J connectivity index is 2.36. The van der Waals surface area contributed by atoms with Crippen LogP contribution in [0.2, 0.25) is 0 Å². The highest BCUT2D eigenvalue weighted by molar-refractivity contribution is 6.09. The van der Waals surface area contributed by atoms with Crippen molar-refractivity contribution >= 4 is 11.8 Å². The molecule has 2 rings (SSSR count). The minimum Gasteiger partial charge on any atom is -0.481 e. The molecule has 0 radical (unpaired) electrons. The maximum atomic E-state index is 12.4. The molecule has 1 N–H and O–H groups in total. The van der Waals surface area contributed by atoms with E-state index >= 15 is 0 Å². The molecule has 0 fully saturated rings. The van der Waals surface area contributed by atoms with Gasteiger partial charge in [0.05, 0.1) is 5.92 Å². The van der Waals surface area contributed by atoms with Crippen molar-refractivity contribution in [2.75, 3.05) is 0 Å². The summed E-state index contributed by atoms with van der Waals surface area (Å²) in [7, 11) is 0. The molecule has 0 aliphatic rings. The Morgan fingerprint density at radius 1 is 1.00 bits per heavy atom. The van der Waals surface area contributed by atoms with E-state index in [2.05, 4.69) is 0 Å². The molecule has 20 heavy (non-hydrogen) atoms. The molecule has 3 nitrogen and oxygen atoms in total. The first-order valence-electron chi connectivity index (χ1n) is 6.43. The van der Waals surface area contributed by atoms with Gasteiger partial charge in [0.1, 0.15) is 0 Å². The van der Waals surface area contributed by atoms with Crippen molar-refractivity contribution in [2.45, 2.75) is 19.8 Å². The molecule has 1 atom stereocenters. The van der Waals surface area contributed by atoms with Crippen LogP contribution in [0.5, 0.6) is 0 Å². The minimum atomic E-state index is -0.898. The zero-order chi connectivity index (χ0) is 14.7. The highest BCUT2D eigenvalue weighted by atomic mass is 16.4. The Morgan fingerprint density at radius 3 is 2.20 bits per heavy atom. The van der Waals surface area contributed by atoms with Gasteiger partial charge in [0.2, 0.25) is 0 Å². The van der Waals surface area contributed by atoms with Crippen LogP contribution in [0.25, 0.3) is 0 Å². The Bertz CT molecular complexity index is 659. The smallest absolute Gasteiger partial charge is 0.310 e. The summed E-state index contributed by atoms with van der Waals surface area (Å²) in [4.78, 5) is 23.4. The summed E-state index contributed by atoms with van der Waals surface area (Å²) in [6.07, 6.45) is 0. The number of benzene rings is 2. The number of ketones is 1. The van der Waals surface area contributed by atoms with E-state index in [1.54, 1.807) is 37.3 Å². The first-order chi connectivity index (χ1) is 9.49. The van der Waals surface area contributed by atoms with Gasteiger partial charge < -0.3 is 5.11 Å². The second kappa shape index (κ2) is 5.70. The van der Waals surface area contributed by atoms with Gasteiger partial charge >= 0.3 is 5.97 Å². The largest absolute Gasteiger partial charge is 0.481 e. The van der Waals surface area contributed by atoms with Gasteiger partial charge in [-0.25, -0.2) is 0 Å². The molecule has 0 aromatic heterocycles. The molecule has 0 saturated carbocycles. The van der Waals surface area contributed by atoms with E-state index in [-0.39, 0.29) is 5.78 Å². The number of hydrogen-bond acceptors (Lipinski definition) is 2. The fourth-order valence-corrected chi connectivity index (χ4v) is 2.04. The van der Waals surface area contributed by atoms with Gasteiger partial charge in [0, 0.05) is 11.1 Å². The van der Waals surface area contributed by atoms with Crippen molar-refractivity contribution in [2.24, 2.45) is 0 Å². The summed E-state index contributed by atoms with van der Waals surface area (Å²) in [5, 5.41) is 9.03. The first-order valence-corrected chi connectivity index (χ1v) is 6.43. The van der Waals surface area contributed by atoms with Gasteiger partial charge in [-0.2, -0.15) is 0 Å². The second-order valence-electron chi connectivity index (χ2n) is 4.88. The molecular weight excluding hydrogens is 252 g/mol. The average Bonchev–Trinajstić information content (AvgIpc) is 2.45. The molecule has 0 aliphatic carbocycles. The lowest BCUT2D eigenvalue weighted by Gasteiger charge is -2.08. The normalized spacial score (nSPS) is 11.9. The third-order valence-corrected chi connectivity index (χ3v) is 3.30. The zero-order valence-electron chi connectivity index (χ0n) is 11.5. The zero-order valence-corrected chi connectivity index (χ0v) is 11.5. The number of carboxylic acids is 1. The van der Waals surface area contributed by atoms with Crippen LogP contribution >= 0.6 is 0 Å². The van der Waals surface area contributed by atoms with E-state index in [0.29, 0.717) is 16.7 Å². The standard InChI is InChI=1S/C17H16O3/c1-11-5-3-7-14(9-11)16(18)15-8-4-6-13(10-15)12(2)17(19)20/h3-10,12H,1-2H3,(H,19,20). The molecule has 102 valence electrons. The maximum Gasteiger partial charge on any atom is 0.310 e. The van der Waals surface area contributed by atoms with Gasteiger partial charge in [-0.05, 0) is 31.5 Å². The number of aryl methyl sites for hydroxylation is 1. The molecule has 0 bridgehead atoms.